The van der Waals surface area contributed by atoms with Gasteiger partial charge in [-0.05, 0) is 62.7 Å². The first-order chi connectivity index (χ1) is 8.43. The second kappa shape index (κ2) is 4.85. The monoisotopic (exact) mass is 249 g/mol. The fourth-order valence-electron chi connectivity index (χ4n) is 4.24. The maximum Gasteiger partial charge on any atom is 0.0863 e. The van der Waals surface area contributed by atoms with Crippen LogP contribution in [-0.4, -0.2) is 10.7 Å². The average Bonchev–Trinajstić information content (AvgIpc) is 2.36. The number of hydrogen-bond donors (Lipinski definition) is 1. The van der Waals surface area contributed by atoms with Gasteiger partial charge < -0.3 is 5.11 Å². The summed E-state index contributed by atoms with van der Waals surface area (Å²) in [5.74, 6) is 1.67. The minimum absolute atomic E-state index is 0.259. The second-order valence-corrected chi connectivity index (χ2v) is 7.08. The van der Waals surface area contributed by atoms with Gasteiger partial charge in [0.1, 0.15) is 0 Å². The fourth-order valence-corrected chi connectivity index (χ4v) is 4.24. The smallest absolute Gasteiger partial charge is 0.0863 e. The molecule has 18 heavy (non-hydrogen) atoms. The Balaban J connectivity index is 2.24. The van der Waals surface area contributed by atoms with Crippen molar-refractivity contribution in [1.29, 1.82) is 5.26 Å². The van der Waals surface area contributed by atoms with Gasteiger partial charge in [0, 0.05) is 0 Å². The van der Waals surface area contributed by atoms with E-state index >= 15 is 0 Å². The van der Waals surface area contributed by atoms with Crippen LogP contribution in [0.15, 0.2) is 0 Å². The lowest BCUT2D eigenvalue weighted by Gasteiger charge is -2.52. The van der Waals surface area contributed by atoms with Crippen molar-refractivity contribution < 1.29 is 5.11 Å². The summed E-state index contributed by atoms with van der Waals surface area (Å²) < 4.78 is 0. The molecule has 0 heterocycles. The molecule has 1 N–H and O–H groups in total. The van der Waals surface area contributed by atoms with E-state index in [9.17, 15) is 10.4 Å². The molecule has 2 aliphatic rings. The SMILES string of the molecule is CC1CCC(C#N)(C2(O)CCC(C)CC2C)CC1. The van der Waals surface area contributed by atoms with E-state index in [1.165, 1.54) is 0 Å². The molecule has 2 heteroatoms. The van der Waals surface area contributed by atoms with Gasteiger partial charge in [-0.3, -0.25) is 0 Å². The van der Waals surface area contributed by atoms with Gasteiger partial charge in [0.05, 0.1) is 17.1 Å². The van der Waals surface area contributed by atoms with Crippen LogP contribution in [0.25, 0.3) is 0 Å². The Morgan fingerprint density at radius 1 is 1.00 bits per heavy atom. The summed E-state index contributed by atoms with van der Waals surface area (Å²) in [6, 6.07) is 2.54. The van der Waals surface area contributed by atoms with E-state index in [0.29, 0.717) is 11.8 Å². The van der Waals surface area contributed by atoms with Crippen LogP contribution in [0, 0.1) is 34.5 Å². The van der Waals surface area contributed by atoms with Crippen LogP contribution in [0.4, 0.5) is 0 Å². The van der Waals surface area contributed by atoms with Gasteiger partial charge in [-0.2, -0.15) is 5.26 Å². The Bertz CT molecular complexity index is 337. The molecular weight excluding hydrogens is 222 g/mol. The molecule has 2 rings (SSSR count). The molecule has 3 unspecified atom stereocenters. The lowest BCUT2D eigenvalue weighted by molar-refractivity contribution is -0.141. The molecule has 0 amide bonds. The molecule has 0 spiro atoms. The van der Waals surface area contributed by atoms with E-state index in [-0.39, 0.29) is 5.92 Å². The highest BCUT2D eigenvalue weighted by Gasteiger charge is 2.55. The Morgan fingerprint density at radius 2 is 1.56 bits per heavy atom. The van der Waals surface area contributed by atoms with Crippen LogP contribution in [0.2, 0.25) is 0 Å². The molecule has 0 bridgehead atoms. The Labute approximate surface area is 111 Å². The Hall–Kier alpha value is -0.550. The number of nitrogens with zero attached hydrogens (tertiary/aromatic N) is 1. The molecule has 102 valence electrons. The maximum absolute atomic E-state index is 11.2. The molecule has 0 aromatic heterocycles. The quantitative estimate of drug-likeness (QED) is 0.766. The first kappa shape index (κ1) is 13.9. The zero-order chi connectivity index (χ0) is 13.4. The molecule has 2 nitrogen and oxygen atoms in total. The molecule has 0 radical (unpaired) electrons. The topological polar surface area (TPSA) is 44.0 Å². The summed E-state index contributed by atoms with van der Waals surface area (Å²) in [5.41, 5.74) is -1.21. The van der Waals surface area contributed by atoms with E-state index in [1.54, 1.807) is 0 Å². The van der Waals surface area contributed by atoms with Crippen molar-refractivity contribution in [3.63, 3.8) is 0 Å². The predicted molar refractivity (Wildman–Crippen MR) is 72.8 cm³/mol. The minimum atomic E-state index is -0.742. The summed E-state index contributed by atoms with van der Waals surface area (Å²) in [5, 5.41) is 20.9. The molecule has 0 aromatic carbocycles. The highest BCUT2D eigenvalue weighted by Crippen LogP contribution is 2.54. The molecular formula is C16H27NO. The Morgan fingerprint density at radius 3 is 2.06 bits per heavy atom. The highest BCUT2D eigenvalue weighted by molar-refractivity contribution is 5.15. The van der Waals surface area contributed by atoms with Crippen molar-refractivity contribution in [1.82, 2.24) is 0 Å². The standard InChI is InChI=1S/C16H27NO/c1-12-4-7-15(11-17,8-5-12)16(18)9-6-13(2)10-14(16)3/h12-14,18H,4-10H2,1-3H3. The molecule has 0 aromatic rings. The van der Waals surface area contributed by atoms with Crippen LogP contribution < -0.4 is 0 Å². The second-order valence-electron chi connectivity index (χ2n) is 7.08. The molecule has 2 fully saturated rings. The van der Waals surface area contributed by atoms with Crippen LogP contribution >= 0.6 is 0 Å². The van der Waals surface area contributed by atoms with Crippen molar-refractivity contribution in [2.45, 2.75) is 71.3 Å². The van der Waals surface area contributed by atoms with Crippen molar-refractivity contribution in [2.75, 3.05) is 0 Å². The normalized spacial score (nSPS) is 49.6. The van der Waals surface area contributed by atoms with Crippen molar-refractivity contribution in [3.8, 4) is 6.07 Å². The van der Waals surface area contributed by atoms with Crippen LogP contribution in [0.5, 0.6) is 0 Å². The molecule has 2 aliphatic carbocycles. The van der Waals surface area contributed by atoms with Crippen molar-refractivity contribution in [3.05, 3.63) is 0 Å². The summed E-state index contributed by atoms with van der Waals surface area (Å²) in [7, 11) is 0. The predicted octanol–water partition coefficient (Wildman–Crippen LogP) is 3.89. The average molecular weight is 249 g/mol. The molecule has 0 aliphatic heterocycles. The number of hydrogen-bond acceptors (Lipinski definition) is 2. The first-order valence-electron chi connectivity index (χ1n) is 7.57. The van der Waals surface area contributed by atoms with Crippen LogP contribution in [-0.2, 0) is 0 Å². The molecule has 3 atom stereocenters. The number of aliphatic hydroxyl groups is 1. The van der Waals surface area contributed by atoms with Gasteiger partial charge >= 0.3 is 0 Å². The van der Waals surface area contributed by atoms with E-state index in [0.717, 1.165) is 44.9 Å². The first-order valence-corrected chi connectivity index (χ1v) is 7.57. The van der Waals surface area contributed by atoms with E-state index in [4.69, 9.17) is 0 Å². The summed E-state index contributed by atoms with van der Waals surface area (Å²) in [6.07, 6.45) is 6.92. The van der Waals surface area contributed by atoms with E-state index in [2.05, 4.69) is 26.8 Å². The number of rotatable bonds is 1. The summed E-state index contributed by atoms with van der Waals surface area (Å²) in [4.78, 5) is 0. The van der Waals surface area contributed by atoms with Gasteiger partial charge in [-0.25, -0.2) is 0 Å². The maximum atomic E-state index is 11.2. The zero-order valence-corrected chi connectivity index (χ0v) is 12.1. The summed E-state index contributed by atoms with van der Waals surface area (Å²) in [6.45, 7) is 6.67. The molecule has 0 saturated heterocycles. The van der Waals surface area contributed by atoms with Gasteiger partial charge in [-0.1, -0.05) is 20.8 Å². The van der Waals surface area contributed by atoms with Crippen molar-refractivity contribution >= 4 is 0 Å². The third kappa shape index (κ3) is 2.07. The summed E-state index contributed by atoms with van der Waals surface area (Å²) >= 11 is 0. The lowest BCUT2D eigenvalue weighted by atomic mass is 9.54. The van der Waals surface area contributed by atoms with Gasteiger partial charge in [0.15, 0.2) is 0 Å². The van der Waals surface area contributed by atoms with Gasteiger partial charge in [0.2, 0.25) is 0 Å². The Kier molecular flexibility index (Phi) is 3.74. The largest absolute Gasteiger partial charge is 0.388 e. The molecule has 2 saturated carbocycles. The fraction of sp³-hybridized carbons (Fsp3) is 0.938. The zero-order valence-electron chi connectivity index (χ0n) is 12.1. The van der Waals surface area contributed by atoms with E-state index < -0.39 is 11.0 Å². The van der Waals surface area contributed by atoms with Crippen LogP contribution in [0.3, 0.4) is 0 Å². The van der Waals surface area contributed by atoms with Crippen LogP contribution in [0.1, 0.15) is 65.7 Å². The third-order valence-corrected chi connectivity index (χ3v) is 5.76. The number of nitriles is 1. The van der Waals surface area contributed by atoms with Crippen molar-refractivity contribution in [2.24, 2.45) is 23.2 Å². The van der Waals surface area contributed by atoms with Gasteiger partial charge in [-0.15, -0.1) is 0 Å². The third-order valence-electron chi connectivity index (χ3n) is 5.76. The van der Waals surface area contributed by atoms with Gasteiger partial charge in [0.25, 0.3) is 0 Å². The minimum Gasteiger partial charge on any atom is -0.388 e. The highest BCUT2D eigenvalue weighted by atomic mass is 16.3. The van der Waals surface area contributed by atoms with E-state index in [1.807, 2.05) is 0 Å². The lowest BCUT2D eigenvalue weighted by Crippen LogP contribution is -2.55.